The van der Waals surface area contributed by atoms with Gasteiger partial charge in [0.15, 0.2) is 0 Å². The van der Waals surface area contributed by atoms with Gasteiger partial charge in [0, 0.05) is 24.3 Å². The first-order valence-corrected chi connectivity index (χ1v) is 5.71. The number of methoxy groups -OCH3 is 1. The minimum absolute atomic E-state index is 0.0599. The predicted molar refractivity (Wildman–Crippen MR) is 68.5 cm³/mol. The van der Waals surface area contributed by atoms with Crippen LogP contribution in [0.1, 0.15) is 23.0 Å². The highest BCUT2D eigenvalue weighted by Crippen LogP contribution is 2.25. The van der Waals surface area contributed by atoms with Crippen molar-refractivity contribution in [3.63, 3.8) is 0 Å². The molecule has 0 aliphatic rings. The Balaban J connectivity index is 2.45. The summed E-state index contributed by atoms with van der Waals surface area (Å²) < 4.78 is 5.25. The number of rotatable bonds is 4. The molecule has 94 valence electrons. The zero-order valence-corrected chi connectivity index (χ0v) is 10.7. The van der Waals surface area contributed by atoms with Crippen LogP contribution in [0.3, 0.4) is 0 Å². The second-order valence-corrected chi connectivity index (χ2v) is 3.90. The molecule has 5 heteroatoms. The maximum Gasteiger partial charge on any atom is 0.237 e. The van der Waals surface area contributed by atoms with Crippen molar-refractivity contribution in [2.24, 2.45) is 0 Å². The topological polar surface area (TPSA) is 59.9 Å². The van der Waals surface area contributed by atoms with E-state index in [4.69, 9.17) is 4.74 Å². The van der Waals surface area contributed by atoms with E-state index in [1.54, 1.807) is 25.7 Å². The maximum atomic E-state index is 5.25. The molecule has 2 heterocycles. The molecule has 2 rings (SSSR count). The van der Waals surface area contributed by atoms with E-state index >= 15 is 0 Å². The Morgan fingerprint density at radius 3 is 2.61 bits per heavy atom. The standard InChI is InChI=1S/C13H16N4O/c1-9-8-10(4-5-15-9)11(14-2)12-13(18-3)17-7-6-16-12/h4-8,11,14H,1-3H3. The first kappa shape index (κ1) is 12.4. The van der Waals surface area contributed by atoms with E-state index in [9.17, 15) is 0 Å². The lowest BCUT2D eigenvalue weighted by Crippen LogP contribution is -2.20. The molecule has 0 fully saturated rings. The summed E-state index contributed by atoms with van der Waals surface area (Å²) >= 11 is 0. The van der Waals surface area contributed by atoms with Crippen LogP contribution < -0.4 is 10.1 Å². The summed E-state index contributed by atoms with van der Waals surface area (Å²) in [5.74, 6) is 0.534. The third kappa shape index (κ3) is 2.46. The number of hydrogen-bond donors (Lipinski definition) is 1. The van der Waals surface area contributed by atoms with Gasteiger partial charge in [-0.3, -0.25) is 9.97 Å². The Morgan fingerprint density at radius 2 is 1.94 bits per heavy atom. The van der Waals surface area contributed by atoms with Gasteiger partial charge in [-0.15, -0.1) is 0 Å². The number of hydrogen-bond acceptors (Lipinski definition) is 5. The van der Waals surface area contributed by atoms with Crippen LogP contribution in [0.15, 0.2) is 30.7 Å². The fourth-order valence-electron chi connectivity index (χ4n) is 1.90. The average Bonchev–Trinajstić information content (AvgIpc) is 2.40. The highest BCUT2D eigenvalue weighted by Gasteiger charge is 2.18. The van der Waals surface area contributed by atoms with Crippen molar-refractivity contribution in [1.29, 1.82) is 0 Å². The average molecular weight is 244 g/mol. The van der Waals surface area contributed by atoms with Crippen LogP contribution in [-0.2, 0) is 0 Å². The summed E-state index contributed by atoms with van der Waals surface area (Å²) in [5, 5.41) is 3.23. The summed E-state index contributed by atoms with van der Waals surface area (Å²) in [4.78, 5) is 12.7. The quantitative estimate of drug-likeness (QED) is 0.883. The molecule has 0 spiro atoms. The van der Waals surface area contributed by atoms with E-state index in [2.05, 4.69) is 20.3 Å². The van der Waals surface area contributed by atoms with Crippen LogP contribution in [0.4, 0.5) is 0 Å². The van der Waals surface area contributed by atoms with Crippen molar-refractivity contribution in [2.75, 3.05) is 14.2 Å². The number of aromatic nitrogens is 3. The Bertz CT molecular complexity index is 530. The van der Waals surface area contributed by atoms with E-state index in [1.807, 2.05) is 26.1 Å². The second-order valence-electron chi connectivity index (χ2n) is 3.90. The third-order valence-electron chi connectivity index (χ3n) is 2.70. The van der Waals surface area contributed by atoms with Gasteiger partial charge in [0.25, 0.3) is 0 Å². The molecule has 1 atom stereocenters. The third-order valence-corrected chi connectivity index (χ3v) is 2.70. The van der Waals surface area contributed by atoms with Crippen LogP contribution in [0.25, 0.3) is 0 Å². The summed E-state index contributed by atoms with van der Waals surface area (Å²) in [6.07, 6.45) is 5.07. The maximum absolute atomic E-state index is 5.25. The van der Waals surface area contributed by atoms with Crippen molar-refractivity contribution in [1.82, 2.24) is 20.3 Å². The zero-order chi connectivity index (χ0) is 13.0. The number of ether oxygens (including phenoxy) is 1. The SMILES string of the molecule is CNC(c1ccnc(C)c1)c1nccnc1OC. The highest BCUT2D eigenvalue weighted by molar-refractivity contribution is 5.32. The monoisotopic (exact) mass is 244 g/mol. The summed E-state index contributed by atoms with van der Waals surface area (Å²) in [6, 6.07) is 3.92. The lowest BCUT2D eigenvalue weighted by Gasteiger charge is -2.17. The molecule has 0 saturated carbocycles. The molecule has 18 heavy (non-hydrogen) atoms. The molecular formula is C13H16N4O. The molecular weight excluding hydrogens is 228 g/mol. The van der Waals surface area contributed by atoms with E-state index in [-0.39, 0.29) is 6.04 Å². The Morgan fingerprint density at radius 1 is 1.17 bits per heavy atom. The predicted octanol–water partition coefficient (Wildman–Crippen LogP) is 1.50. The molecule has 1 unspecified atom stereocenters. The van der Waals surface area contributed by atoms with Gasteiger partial charge < -0.3 is 10.1 Å². The Kier molecular flexibility index (Phi) is 3.84. The van der Waals surface area contributed by atoms with E-state index in [0.717, 1.165) is 17.0 Å². The van der Waals surface area contributed by atoms with Crippen LogP contribution in [0, 0.1) is 6.92 Å². The largest absolute Gasteiger partial charge is 0.480 e. The van der Waals surface area contributed by atoms with Crippen LogP contribution in [-0.4, -0.2) is 29.1 Å². The van der Waals surface area contributed by atoms with E-state index < -0.39 is 0 Å². The second kappa shape index (κ2) is 5.55. The van der Waals surface area contributed by atoms with Gasteiger partial charge in [-0.2, -0.15) is 0 Å². The normalized spacial score (nSPS) is 12.2. The van der Waals surface area contributed by atoms with Crippen LogP contribution in [0.2, 0.25) is 0 Å². The molecule has 0 amide bonds. The molecule has 0 aliphatic carbocycles. The number of aryl methyl sites for hydroxylation is 1. The molecule has 0 saturated heterocycles. The number of pyridine rings is 1. The van der Waals surface area contributed by atoms with Crippen molar-refractivity contribution in [2.45, 2.75) is 13.0 Å². The van der Waals surface area contributed by atoms with Crippen molar-refractivity contribution >= 4 is 0 Å². The van der Waals surface area contributed by atoms with Gasteiger partial charge in [0.1, 0.15) is 5.69 Å². The molecule has 5 nitrogen and oxygen atoms in total. The Hall–Kier alpha value is -2.01. The minimum atomic E-state index is -0.0599. The molecule has 0 aliphatic heterocycles. The summed E-state index contributed by atoms with van der Waals surface area (Å²) in [5.41, 5.74) is 2.83. The number of nitrogens with one attached hydrogen (secondary N) is 1. The molecule has 0 radical (unpaired) electrons. The van der Waals surface area contributed by atoms with Crippen molar-refractivity contribution < 1.29 is 4.74 Å². The lowest BCUT2D eigenvalue weighted by molar-refractivity contribution is 0.384. The van der Waals surface area contributed by atoms with Gasteiger partial charge in [-0.25, -0.2) is 4.98 Å². The molecule has 0 aromatic carbocycles. The fraction of sp³-hybridized carbons (Fsp3) is 0.308. The zero-order valence-electron chi connectivity index (χ0n) is 10.7. The highest BCUT2D eigenvalue weighted by atomic mass is 16.5. The van der Waals surface area contributed by atoms with Crippen molar-refractivity contribution in [3.05, 3.63) is 47.7 Å². The lowest BCUT2D eigenvalue weighted by atomic mass is 10.0. The van der Waals surface area contributed by atoms with Crippen LogP contribution in [0.5, 0.6) is 5.88 Å². The first-order valence-electron chi connectivity index (χ1n) is 5.71. The van der Waals surface area contributed by atoms with Gasteiger partial charge in [0.2, 0.25) is 5.88 Å². The smallest absolute Gasteiger partial charge is 0.237 e. The molecule has 2 aromatic rings. The van der Waals surface area contributed by atoms with Gasteiger partial charge in [-0.05, 0) is 31.7 Å². The fourth-order valence-corrected chi connectivity index (χ4v) is 1.90. The van der Waals surface area contributed by atoms with Crippen LogP contribution >= 0.6 is 0 Å². The molecule has 2 aromatic heterocycles. The van der Waals surface area contributed by atoms with E-state index in [1.165, 1.54) is 0 Å². The van der Waals surface area contributed by atoms with Gasteiger partial charge in [-0.1, -0.05) is 0 Å². The first-order chi connectivity index (χ1) is 8.76. The van der Waals surface area contributed by atoms with Gasteiger partial charge >= 0.3 is 0 Å². The summed E-state index contributed by atoms with van der Waals surface area (Å²) in [7, 11) is 3.48. The summed E-state index contributed by atoms with van der Waals surface area (Å²) in [6.45, 7) is 1.96. The van der Waals surface area contributed by atoms with Gasteiger partial charge in [0.05, 0.1) is 13.2 Å². The van der Waals surface area contributed by atoms with E-state index in [0.29, 0.717) is 5.88 Å². The molecule has 1 N–H and O–H groups in total. The van der Waals surface area contributed by atoms with Crippen molar-refractivity contribution in [3.8, 4) is 5.88 Å². The molecule has 0 bridgehead atoms. The Labute approximate surface area is 106 Å². The minimum Gasteiger partial charge on any atom is -0.480 e. The number of nitrogens with zero attached hydrogens (tertiary/aromatic N) is 3.